The lowest BCUT2D eigenvalue weighted by Gasteiger charge is -2.18. The summed E-state index contributed by atoms with van der Waals surface area (Å²) in [7, 11) is 0. The van der Waals surface area contributed by atoms with Crippen LogP contribution >= 0.6 is 0 Å². The highest BCUT2D eigenvalue weighted by atomic mass is 16.5. The lowest BCUT2D eigenvalue weighted by molar-refractivity contribution is -0.121. The fourth-order valence-electron chi connectivity index (χ4n) is 5.18. The van der Waals surface area contributed by atoms with Crippen LogP contribution < -0.4 is 16.6 Å². The first-order valence-electron chi connectivity index (χ1n) is 11.6. The summed E-state index contributed by atoms with van der Waals surface area (Å²) in [6.07, 6.45) is -2.56. The number of nitrogen functional groups attached to an aromatic ring is 1. The highest BCUT2D eigenvalue weighted by molar-refractivity contribution is 5.84. The lowest BCUT2D eigenvalue weighted by atomic mass is 10.1. The number of benzene rings is 2. The van der Waals surface area contributed by atoms with Crippen LogP contribution in [0.4, 0.5) is 5.95 Å². The Hall–Kier alpha value is -4.06. The van der Waals surface area contributed by atoms with Gasteiger partial charge in [0, 0.05) is 6.42 Å². The van der Waals surface area contributed by atoms with Crippen LogP contribution in [0.25, 0.3) is 22.3 Å². The normalized spacial score (nSPS) is 21.0. The van der Waals surface area contributed by atoms with Crippen LogP contribution in [0, 0.1) is 0 Å². The Bertz CT molecular complexity index is 1500. The number of nitrogens with one attached hydrogen (secondary N) is 2. The molecule has 0 saturated carbocycles. The third kappa shape index (κ3) is 3.56. The number of fused-ring (bicyclic) bond motifs is 4. The summed E-state index contributed by atoms with van der Waals surface area (Å²) >= 11 is 0. The molecule has 1 amide bonds. The minimum absolute atomic E-state index is 0.00842. The maximum absolute atomic E-state index is 13.3. The van der Waals surface area contributed by atoms with Gasteiger partial charge in [0.15, 0.2) is 11.2 Å². The van der Waals surface area contributed by atoms with Crippen LogP contribution in [0.3, 0.4) is 0 Å². The first kappa shape index (κ1) is 22.4. The summed E-state index contributed by atoms with van der Waals surface area (Å²) in [6.45, 7) is -0.378. The standard InChI is InChI=1S/C25H24N6O5/c26-25-29-23-22(24(35)30-25)27-18(31(23)20-9-16(33)17(11-32)36-20)10-19(34)28-21-14-7-3-1-5-12(14)13-6-2-4-8-15(13)21/h1-8,16-17,20-21,32-33H,9-11H2,(H,28,34)(H3,26,29,30,35)/t16-,17+,20+/m0/s1. The zero-order valence-electron chi connectivity index (χ0n) is 19.1. The number of imidazole rings is 1. The number of carbonyl (C=O) groups is 1. The Morgan fingerprint density at radius 3 is 2.44 bits per heavy atom. The zero-order chi connectivity index (χ0) is 25.0. The number of ether oxygens (including phenoxy) is 1. The highest BCUT2D eigenvalue weighted by Crippen LogP contribution is 2.43. The molecule has 2 aromatic heterocycles. The zero-order valence-corrected chi connectivity index (χ0v) is 19.1. The average Bonchev–Trinajstić information content (AvgIpc) is 3.51. The number of aliphatic hydroxyl groups is 2. The first-order valence-corrected chi connectivity index (χ1v) is 11.6. The predicted octanol–water partition coefficient (Wildman–Crippen LogP) is 0.771. The second kappa shape index (κ2) is 8.55. The van der Waals surface area contributed by atoms with Crippen molar-refractivity contribution in [3.8, 4) is 11.1 Å². The molecule has 6 N–H and O–H groups in total. The minimum Gasteiger partial charge on any atom is -0.394 e. The Kier molecular flexibility index (Phi) is 5.32. The van der Waals surface area contributed by atoms with Crippen molar-refractivity contribution < 1.29 is 19.7 Å². The molecular weight excluding hydrogens is 464 g/mol. The molecule has 11 heteroatoms. The van der Waals surface area contributed by atoms with E-state index in [0.717, 1.165) is 22.3 Å². The van der Waals surface area contributed by atoms with Gasteiger partial charge < -0.3 is 26.0 Å². The highest BCUT2D eigenvalue weighted by Gasteiger charge is 2.37. The molecule has 3 heterocycles. The maximum Gasteiger partial charge on any atom is 0.280 e. The smallest absolute Gasteiger partial charge is 0.280 e. The van der Waals surface area contributed by atoms with E-state index < -0.39 is 24.0 Å². The Labute approximate surface area is 204 Å². The summed E-state index contributed by atoms with van der Waals surface area (Å²) in [6, 6.07) is 15.5. The molecule has 0 spiro atoms. The molecule has 6 rings (SSSR count). The van der Waals surface area contributed by atoms with Crippen molar-refractivity contribution in [2.24, 2.45) is 0 Å². The third-order valence-electron chi connectivity index (χ3n) is 6.77. The Balaban J connectivity index is 1.36. The second-order valence-corrected chi connectivity index (χ2v) is 8.99. The molecule has 1 saturated heterocycles. The summed E-state index contributed by atoms with van der Waals surface area (Å²) < 4.78 is 7.31. The molecule has 1 aliphatic carbocycles. The van der Waals surface area contributed by atoms with Crippen LogP contribution in [0.5, 0.6) is 0 Å². The number of amides is 1. The predicted molar refractivity (Wildman–Crippen MR) is 130 cm³/mol. The number of hydrogen-bond donors (Lipinski definition) is 5. The van der Waals surface area contributed by atoms with Crippen molar-refractivity contribution in [2.75, 3.05) is 12.3 Å². The van der Waals surface area contributed by atoms with Crippen LogP contribution in [-0.2, 0) is 16.0 Å². The molecule has 0 bridgehead atoms. The Morgan fingerprint density at radius 2 is 1.81 bits per heavy atom. The van der Waals surface area contributed by atoms with Gasteiger partial charge in [-0.2, -0.15) is 4.98 Å². The number of aliphatic hydroxyl groups excluding tert-OH is 2. The number of rotatable bonds is 5. The van der Waals surface area contributed by atoms with Crippen molar-refractivity contribution in [3.05, 3.63) is 75.8 Å². The van der Waals surface area contributed by atoms with Crippen molar-refractivity contribution in [1.82, 2.24) is 24.8 Å². The molecule has 2 aliphatic rings. The van der Waals surface area contributed by atoms with Gasteiger partial charge in [-0.3, -0.25) is 19.1 Å². The molecule has 0 radical (unpaired) electrons. The second-order valence-electron chi connectivity index (χ2n) is 8.99. The van der Waals surface area contributed by atoms with Crippen LogP contribution in [0.15, 0.2) is 53.3 Å². The van der Waals surface area contributed by atoms with E-state index >= 15 is 0 Å². The Morgan fingerprint density at radius 1 is 1.14 bits per heavy atom. The van der Waals surface area contributed by atoms with E-state index in [9.17, 15) is 19.8 Å². The number of H-pyrrole nitrogens is 1. The lowest BCUT2D eigenvalue weighted by Crippen LogP contribution is -2.30. The van der Waals surface area contributed by atoms with Gasteiger partial charge in [0.1, 0.15) is 18.2 Å². The first-order chi connectivity index (χ1) is 17.4. The quantitative estimate of drug-likeness (QED) is 0.274. The van der Waals surface area contributed by atoms with E-state index in [0.29, 0.717) is 0 Å². The average molecular weight is 489 g/mol. The van der Waals surface area contributed by atoms with E-state index in [2.05, 4.69) is 20.3 Å². The molecule has 184 valence electrons. The van der Waals surface area contributed by atoms with Gasteiger partial charge in [0.25, 0.3) is 5.56 Å². The van der Waals surface area contributed by atoms with Gasteiger partial charge in [-0.1, -0.05) is 48.5 Å². The summed E-state index contributed by atoms with van der Waals surface area (Å²) in [4.78, 5) is 36.9. The number of nitrogens with two attached hydrogens (primary N) is 1. The minimum atomic E-state index is -0.926. The summed E-state index contributed by atoms with van der Waals surface area (Å²) in [5.74, 6) is -0.188. The molecular formula is C25H24N6O5. The summed E-state index contributed by atoms with van der Waals surface area (Å²) in [5, 5.41) is 22.9. The molecule has 0 unspecified atom stereocenters. The summed E-state index contributed by atoms with van der Waals surface area (Å²) in [5.41, 5.74) is 9.51. The van der Waals surface area contributed by atoms with Crippen molar-refractivity contribution in [1.29, 1.82) is 0 Å². The molecule has 1 fully saturated rings. The molecule has 11 nitrogen and oxygen atoms in total. The molecule has 3 atom stereocenters. The molecule has 4 aromatic rings. The number of nitrogens with zero attached hydrogens (tertiary/aromatic N) is 3. The van der Waals surface area contributed by atoms with Gasteiger partial charge in [-0.25, -0.2) is 4.98 Å². The third-order valence-corrected chi connectivity index (χ3v) is 6.77. The van der Waals surface area contributed by atoms with Gasteiger partial charge >= 0.3 is 0 Å². The number of carbonyl (C=O) groups excluding carboxylic acids is 1. The van der Waals surface area contributed by atoms with E-state index in [1.165, 1.54) is 4.57 Å². The molecule has 2 aromatic carbocycles. The van der Waals surface area contributed by atoms with E-state index in [4.69, 9.17) is 10.5 Å². The van der Waals surface area contributed by atoms with E-state index in [-0.39, 0.29) is 54.3 Å². The number of aromatic nitrogens is 4. The van der Waals surface area contributed by atoms with Crippen molar-refractivity contribution >= 4 is 23.0 Å². The maximum atomic E-state index is 13.3. The fourth-order valence-corrected chi connectivity index (χ4v) is 5.18. The van der Waals surface area contributed by atoms with E-state index in [1.54, 1.807) is 0 Å². The number of aromatic amines is 1. The van der Waals surface area contributed by atoms with Gasteiger partial charge in [-0.15, -0.1) is 0 Å². The topological polar surface area (TPSA) is 168 Å². The largest absolute Gasteiger partial charge is 0.394 e. The van der Waals surface area contributed by atoms with Gasteiger partial charge in [-0.05, 0) is 22.3 Å². The number of anilines is 1. The van der Waals surface area contributed by atoms with Crippen LogP contribution in [-0.4, -0.2) is 54.5 Å². The number of hydrogen-bond acceptors (Lipinski definition) is 8. The van der Waals surface area contributed by atoms with Crippen LogP contribution in [0.2, 0.25) is 0 Å². The van der Waals surface area contributed by atoms with E-state index in [1.807, 2.05) is 48.5 Å². The van der Waals surface area contributed by atoms with Gasteiger partial charge in [0.05, 0.1) is 25.2 Å². The molecule has 36 heavy (non-hydrogen) atoms. The van der Waals surface area contributed by atoms with Crippen molar-refractivity contribution in [3.63, 3.8) is 0 Å². The van der Waals surface area contributed by atoms with Gasteiger partial charge in [0.2, 0.25) is 11.9 Å². The molecule has 1 aliphatic heterocycles. The monoisotopic (exact) mass is 488 g/mol. The van der Waals surface area contributed by atoms with Crippen molar-refractivity contribution in [2.45, 2.75) is 37.3 Å². The fraction of sp³-hybridized carbons (Fsp3) is 0.280. The SMILES string of the molecule is Nc1nc2c(nc(CC(=O)NC3c4ccccc4-c4ccccc43)n2[C@H]2C[C@H](O)[C@@H](CO)O2)c(=O)[nH]1. The van der Waals surface area contributed by atoms with Crippen LogP contribution in [0.1, 0.15) is 35.6 Å².